The van der Waals surface area contributed by atoms with E-state index in [1.54, 1.807) is 0 Å². The Morgan fingerprint density at radius 3 is 2.12 bits per heavy atom. The molecule has 198 valence electrons. The molecule has 0 aliphatic heterocycles. The zero-order valence-corrected chi connectivity index (χ0v) is 22.2. The summed E-state index contributed by atoms with van der Waals surface area (Å²) in [5.74, 6) is 2.21. The topological polar surface area (TPSA) is 101 Å². The van der Waals surface area contributed by atoms with Crippen LogP contribution in [-0.2, 0) is 0 Å². The summed E-state index contributed by atoms with van der Waals surface area (Å²) in [6, 6.07) is 0. The van der Waals surface area contributed by atoms with Gasteiger partial charge >= 0.3 is 0 Å². The molecule has 4 saturated carbocycles. The Morgan fingerprint density at radius 1 is 0.794 bits per heavy atom. The van der Waals surface area contributed by atoms with E-state index in [1.165, 1.54) is 0 Å². The van der Waals surface area contributed by atoms with Gasteiger partial charge in [-0.25, -0.2) is 0 Å². The second kappa shape index (κ2) is 9.93. The van der Waals surface area contributed by atoms with E-state index in [9.17, 15) is 25.5 Å². The van der Waals surface area contributed by atoms with Gasteiger partial charge in [-0.3, -0.25) is 0 Å². The lowest BCUT2D eigenvalue weighted by Crippen LogP contribution is -2.59. The van der Waals surface area contributed by atoms with Gasteiger partial charge in [-0.15, -0.1) is 0 Å². The molecule has 4 fully saturated rings. The third-order valence-electron chi connectivity index (χ3n) is 11.8. The highest BCUT2D eigenvalue weighted by Crippen LogP contribution is 2.68. The first-order valence-electron chi connectivity index (χ1n) is 14.3. The lowest BCUT2D eigenvalue weighted by molar-refractivity contribution is -0.181. The molecule has 0 aromatic carbocycles. The molecule has 4 aliphatic rings. The van der Waals surface area contributed by atoms with E-state index >= 15 is 0 Å². The summed E-state index contributed by atoms with van der Waals surface area (Å²) in [5, 5.41) is 53.9. The Morgan fingerprint density at radius 2 is 1.47 bits per heavy atom. The van der Waals surface area contributed by atoms with Crippen LogP contribution in [0.25, 0.3) is 0 Å². The Balaban J connectivity index is 1.55. The van der Waals surface area contributed by atoms with Gasteiger partial charge in [0.05, 0.1) is 24.4 Å². The highest BCUT2D eigenvalue weighted by molar-refractivity contribution is 5.15. The molecule has 5 heteroatoms. The third kappa shape index (κ3) is 4.30. The van der Waals surface area contributed by atoms with Crippen molar-refractivity contribution in [3.05, 3.63) is 0 Å². The normalized spacial score (nSPS) is 50.4. The van der Waals surface area contributed by atoms with Crippen molar-refractivity contribution in [1.29, 1.82) is 0 Å². The quantitative estimate of drug-likeness (QED) is 0.379. The van der Waals surface area contributed by atoms with Crippen molar-refractivity contribution in [1.82, 2.24) is 0 Å². The van der Waals surface area contributed by atoms with Gasteiger partial charge in [0.15, 0.2) is 0 Å². The molecule has 0 radical (unpaired) electrons. The highest BCUT2D eigenvalue weighted by Gasteiger charge is 2.67. The second-order valence-electron chi connectivity index (χ2n) is 13.8. The van der Waals surface area contributed by atoms with Gasteiger partial charge in [-0.05, 0) is 110 Å². The van der Waals surface area contributed by atoms with E-state index in [0.717, 1.165) is 44.9 Å². The van der Waals surface area contributed by atoms with Crippen molar-refractivity contribution in [3.63, 3.8) is 0 Å². The van der Waals surface area contributed by atoms with Gasteiger partial charge in [-0.2, -0.15) is 0 Å². The van der Waals surface area contributed by atoms with Gasteiger partial charge in [0.1, 0.15) is 0 Å². The van der Waals surface area contributed by atoms with E-state index in [1.807, 2.05) is 0 Å². The largest absolute Gasteiger partial charge is 0.396 e. The van der Waals surface area contributed by atoms with Crippen molar-refractivity contribution in [3.8, 4) is 0 Å². The van der Waals surface area contributed by atoms with Crippen molar-refractivity contribution in [2.24, 2.45) is 58.2 Å². The fourth-order valence-electron chi connectivity index (χ4n) is 10.0. The molecule has 4 rings (SSSR count). The molecule has 0 aromatic heterocycles. The van der Waals surface area contributed by atoms with Crippen molar-refractivity contribution in [2.45, 2.75) is 117 Å². The molecule has 0 aromatic rings. The Kier molecular flexibility index (Phi) is 7.84. The molecule has 5 nitrogen and oxygen atoms in total. The van der Waals surface area contributed by atoms with Crippen LogP contribution in [0, 0.1) is 58.2 Å². The maximum absolute atomic E-state index is 11.5. The molecule has 0 amide bonds. The molecule has 5 N–H and O–H groups in total. The number of fused-ring (bicyclic) bond motifs is 5. The van der Waals surface area contributed by atoms with Crippen molar-refractivity contribution >= 4 is 0 Å². The first-order valence-corrected chi connectivity index (χ1v) is 14.3. The van der Waals surface area contributed by atoms with E-state index in [0.29, 0.717) is 36.5 Å². The monoisotopic (exact) mass is 480 g/mol. The van der Waals surface area contributed by atoms with Gasteiger partial charge in [0.25, 0.3) is 0 Å². The summed E-state index contributed by atoms with van der Waals surface area (Å²) in [6.07, 6.45) is 5.95. The minimum absolute atomic E-state index is 0.00600. The number of hydrogen-bond donors (Lipinski definition) is 5. The van der Waals surface area contributed by atoms with Crippen LogP contribution < -0.4 is 0 Å². The number of rotatable bonds is 7. The Labute approximate surface area is 207 Å². The maximum atomic E-state index is 11.5. The minimum atomic E-state index is -0.731. The molecule has 4 aliphatic carbocycles. The molecule has 0 unspecified atom stereocenters. The Bertz CT molecular complexity index is 698. The number of aliphatic hydroxyl groups is 5. The molecular formula is C29H52O5. The molecule has 0 bridgehead atoms. The predicted molar refractivity (Wildman–Crippen MR) is 134 cm³/mol. The molecule has 0 spiro atoms. The summed E-state index contributed by atoms with van der Waals surface area (Å²) in [7, 11) is 0. The van der Waals surface area contributed by atoms with Gasteiger partial charge in [0.2, 0.25) is 0 Å². The van der Waals surface area contributed by atoms with Crippen LogP contribution >= 0.6 is 0 Å². The zero-order valence-electron chi connectivity index (χ0n) is 22.2. The summed E-state index contributed by atoms with van der Waals surface area (Å²) in [6.45, 7) is 11.6. The highest BCUT2D eigenvalue weighted by atomic mass is 16.3. The van der Waals surface area contributed by atoms with Gasteiger partial charge in [0, 0.05) is 6.61 Å². The molecule has 13 atom stereocenters. The molecule has 0 saturated heterocycles. The van der Waals surface area contributed by atoms with E-state index < -0.39 is 18.3 Å². The van der Waals surface area contributed by atoms with Crippen LogP contribution in [0.2, 0.25) is 0 Å². The van der Waals surface area contributed by atoms with Crippen LogP contribution in [0.15, 0.2) is 0 Å². The second-order valence-corrected chi connectivity index (χ2v) is 13.8. The number of aliphatic hydroxyl groups excluding tert-OH is 5. The smallest absolute Gasteiger partial charge is 0.0838 e. The van der Waals surface area contributed by atoms with Crippen LogP contribution in [0.4, 0.5) is 0 Å². The lowest BCUT2D eigenvalue weighted by atomic mass is 9.43. The van der Waals surface area contributed by atoms with E-state index in [2.05, 4.69) is 34.6 Å². The summed E-state index contributed by atoms with van der Waals surface area (Å²) >= 11 is 0. The average molecular weight is 481 g/mol. The molecular weight excluding hydrogens is 428 g/mol. The molecule has 34 heavy (non-hydrogen) atoms. The van der Waals surface area contributed by atoms with Crippen LogP contribution in [0.1, 0.15) is 92.4 Å². The SMILES string of the molecule is CC(C)[C@H](CCO)CC[C@@H](C)[C@H]1[C@@H](O)[C@@H](O)[C@H]2[C@@H]3C[C@H](O)[C@H]4C[C@@H](O)CC[C@]4(C)[C@H]3CC[C@]12C. The van der Waals surface area contributed by atoms with Gasteiger partial charge < -0.3 is 25.5 Å². The standard InChI is InChI=1S/C29H52O5/c1-16(2)18(10-13-30)7-6-17(3)24-26(33)27(34)25-20-15-23(32)22-14-19(31)8-11-28(22,4)21(20)9-12-29(24,25)5/h16-27,30-34H,6-15H2,1-5H3/t17-,18+,19+,20-,21+,22-,23+,24+,25-,26-,27+,28-,29-/m1/s1. The van der Waals surface area contributed by atoms with Gasteiger partial charge in [-0.1, -0.05) is 41.0 Å². The minimum Gasteiger partial charge on any atom is -0.396 e. The predicted octanol–water partition coefficient (Wildman–Crippen LogP) is 3.99. The van der Waals surface area contributed by atoms with Crippen LogP contribution in [0.3, 0.4) is 0 Å². The zero-order chi connectivity index (χ0) is 25.0. The lowest BCUT2D eigenvalue weighted by Gasteiger charge is -2.62. The maximum Gasteiger partial charge on any atom is 0.0838 e. The van der Waals surface area contributed by atoms with E-state index in [-0.39, 0.29) is 47.2 Å². The van der Waals surface area contributed by atoms with Crippen molar-refractivity contribution < 1.29 is 25.5 Å². The first-order chi connectivity index (χ1) is 16.0. The van der Waals surface area contributed by atoms with E-state index in [4.69, 9.17) is 0 Å². The first kappa shape index (κ1) is 26.9. The van der Waals surface area contributed by atoms with Crippen LogP contribution in [-0.4, -0.2) is 56.6 Å². The summed E-state index contributed by atoms with van der Waals surface area (Å²) < 4.78 is 0. The fraction of sp³-hybridized carbons (Fsp3) is 1.00. The fourth-order valence-corrected chi connectivity index (χ4v) is 10.0. The summed E-state index contributed by atoms with van der Waals surface area (Å²) in [4.78, 5) is 0. The third-order valence-corrected chi connectivity index (χ3v) is 11.8. The Hall–Kier alpha value is -0.200. The van der Waals surface area contributed by atoms with Crippen molar-refractivity contribution in [2.75, 3.05) is 6.61 Å². The van der Waals surface area contributed by atoms with Crippen LogP contribution in [0.5, 0.6) is 0 Å². The average Bonchev–Trinajstić information content (AvgIpc) is 2.97. The number of hydrogen-bond acceptors (Lipinski definition) is 5. The molecule has 0 heterocycles. The summed E-state index contributed by atoms with van der Waals surface area (Å²) in [5.41, 5.74) is -0.118.